The summed E-state index contributed by atoms with van der Waals surface area (Å²) in [6, 6.07) is 6.46. The normalized spacial score (nSPS) is 10.7. The van der Waals surface area contributed by atoms with E-state index >= 15 is 0 Å². The minimum Gasteiger partial charge on any atom is -0.465 e. The van der Waals surface area contributed by atoms with E-state index < -0.39 is 16.0 Å². The van der Waals surface area contributed by atoms with E-state index in [1.54, 1.807) is 18.2 Å². The summed E-state index contributed by atoms with van der Waals surface area (Å²) in [6.07, 6.45) is 0.567. The minimum absolute atomic E-state index is 0. The van der Waals surface area contributed by atoms with Gasteiger partial charge in [-0.25, -0.2) is 17.9 Å². The van der Waals surface area contributed by atoms with Crippen LogP contribution in [0.15, 0.2) is 24.3 Å². The van der Waals surface area contributed by atoms with Crippen LogP contribution in [-0.4, -0.2) is 34.6 Å². The Bertz CT molecular complexity index is 534. The number of carbonyl (C=O) groups excluding carboxylic acids is 1. The molecule has 1 rings (SSSR count). The smallest absolute Gasteiger partial charge is 0.338 e. The predicted molar refractivity (Wildman–Crippen MR) is 79.3 cm³/mol. The molecule has 0 fully saturated rings. The first-order chi connectivity index (χ1) is 9.00. The molecule has 6 nitrogen and oxygen atoms in total. The summed E-state index contributed by atoms with van der Waals surface area (Å²) < 4.78 is 30.7. The first-order valence-electron chi connectivity index (χ1n) is 5.84. The van der Waals surface area contributed by atoms with Crippen LogP contribution in [0.2, 0.25) is 0 Å². The summed E-state index contributed by atoms with van der Waals surface area (Å²) >= 11 is 0. The maximum atomic E-state index is 11.8. The molecule has 0 heterocycles. The van der Waals surface area contributed by atoms with Gasteiger partial charge in [0.25, 0.3) is 0 Å². The van der Waals surface area contributed by atoms with Crippen LogP contribution >= 0.6 is 12.4 Å². The molecule has 8 heteroatoms. The van der Waals surface area contributed by atoms with Crippen LogP contribution in [0.4, 0.5) is 0 Å². The second kappa shape index (κ2) is 8.91. The Morgan fingerprint density at radius 2 is 2.00 bits per heavy atom. The fraction of sp³-hybridized carbons (Fsp3) is 0.417. The van der Waals surface area contributed by atoms with E-state index in [0.29, 0.717) is 25.1 Å². The van der Waals surface area contributed by atoms with Crippen molar-refractivity contribution in [1.29, 1.82) is 0 Å². The highest BCUT2D eigenvalue weighted by atomic mass is 35.5. The third kappa shape index (κ3) is 5.87. The molecule has 0 radical (unpaired) electrons. The van der Waals surface area contributed by atoms with Gasteiger partial charge >= 0.3 is 5.97 Å². The average Bonchev–Trinajstić information content (AvgIpc) is 2.38. The first kappa shape index (κ1) is 18.9. The van der Waals surface area contributed by atoms with E-state index in [9.17, 15) is 13.2 Å². The van der Waals surface area contributed by atoms with Crippen LogP contribution in [-0.2, 0) is 20.5 Å². The molecule has 0 atom stereocenters. The lowest BCUT2D eigenvalue weighted by Crippen LogP contribution is -2.28. The van der Waals surface area contributed by atoms with E-state index in [4.69, 9.17) is 5.73 Å². The molecule has 0 aliphatic rings. The summed E-state index contributed by atoms with van der Waals surface area (Å²) in [6.45, 7) is 0.709. The van der Waals surface area contributed by atoms with Crippen molar-refractivity contribution in [1.82, 2.24) is 4.72 Å². The van der Waals surface area contributed by atoms with Gasteiger partial charge in [-0.15, -0.1) is 12.4 Å². The van der Waals surface area contributed by atoms with Gasteiger partial charge in [-0.3, -0.25) is 0 Å². The number of methoxy groups -OCH3 is 1. The molecule has 3 N–H and O–H groups in total. The largest absolute Gasteiger partial charge is 0.465 e. The van der Waals surface area contributed by atoms with E-state index in [2.05, 4.69) is 9.46 Å². The molecule has 1 aromatic carbocycles. The molecule has 0 aromatic heterocycles. The lowest BCUT2D eigenvalue weighted by atomic mass is 10.1. The molecule has 0 aliphatic heterocycles. The zero-order chi connectivity index (χ0) is 14.3. The van der Waals surface area contributed by atoms with Crippen LogP contribution in [0.1, 0.15) is 22.3 Å². The monoisotopic (exact) mass is 322 g/mol. The highest BCUT2D eigenvalue weighted by Gasteiger charge is 2.17. The van der Waals surface area contributed by atoms with Gasteiger partial charge in [0, 0.05) is 6.54 Å². The minimum atomic E-state index is -3.48. The number of benzene rings is 1. The number of halogens is 1. The molecule has 114 valence electrons. The number of nitrogens with one attached hydrogen (secondary N) is 1. The highest BCUT2D eigenvalue weighted by Crippen LogP contribution is 2.13. The number of rotatable bonds is 7. The van der Waals surface area contributed by atoms with Gasteiger partial charge in [0.2, 0.25) is 10.0 Å². The van der Waals surface area contributed by atoms with Gasteiger partial charge in [0.15, 0.2) is 0 Å². The van der Waals surface area contributed by atoms with Crippen molar-refractivity contribution in [3.05, 3.63) is 35.4 Å². The van der Waals surface area contributed by atoms with Crippen molar-refractivity contribution in [2.45, 2.75) is 12.2 Å². The topological polar surface area (TPSA) is 98.5 Å². The number of ether oxygens (including phenoxy) is 1. The molecule has 0 bridgehead atoms. The van der Waals surface area contributed by atoms with Crippen LogP contribution in [0.3, 0.4) is 0 Å². The fourth-order valence-corrected chi connectivity index (χ4v) is 2.76. The Hall–Kier alpha value is -1.15. The van der Waals surface area contributed by atoms with E-state index in [1.165, 1.54) is 13.2 Å². The Labute approximate surface area is 125 Å². The molecule has 0 amide bonds. The van der Waals surface area contributed by atoms with Crippen LogP contribution in [0.5, 0.6) is 0 Å². The van der Waals surface area contributed by atoms with Gasteiger partial charge in [-0.05, 0) is 24.6 Å². The van der Waals surface area contributed by atoms with Crippen LogP contribution in [0.25, 0.3) is 0 Å². The summed E-state index contributed by atoms with van der Waals surface area (Å²) in [5.74, 6) is -0.809. The first-order valence-corrected chi connectivity index (χ1v) is 7.49. The third-order valence-electron chi connectivity index (χ3n) is 2.47. The average molecular weight is 323 g/mol. The van der Waals surface area contributed by atoms with Gasteiger partial charge in [-0.2, -0.15) is 0 Å². The molecule has 0 saturated carbocycles. The fourth-order valence-electron chi connectivity index (χ4n) is 1.54. The number of nitrogens with two attached hydrogens (primary N) is 1. The predicted octanol–water partition coefficient (Wildman–Crippen LogP) is 0.663. The number of hydrogen-bond acceptors (Lipinski definition) is 5. The van der Waals surface area contributed by atoms with Crippen LogP contribution in [0, 0.1) is 0 Å². The third-order valence-corrected chi connectivity index (χ3v) is 3.81. The van der Waals surface area contributed by atoms with Gasteiger partial charge < -0.3 is 10.5 Å². The Morgan fingerprint density at radius 1 is 1.35 bits per heavy atom. The van der Waals surface area contributed by atoms with Crippen molar-refractivity contribution in [3.63, 3.8) is 0 Å². The molecule has 0 spiro atoms. The van der Waals surface area contributed by atoms with Crippen molar-refractivity contribution in [3.8, 4) is 0 Å². The lowest BCUT2D eigenvalue weighted by Gasteiger charge is -2.09. The summed E-state index contributed by atoms with van der Waals surface area (Å²) in [5.41, 5.74) is 5.97. The van der Waals surface area contributed by atoms with Crippen molar-refractivity contribution >= 4 is 28.4 Å². The lowest BCUT2D eigenvalue weighted by molar-refractivity contribution is 0.0600. The summed E-state index contributed by atoms with van der Waals surface area (Å²) in [5, 5.41) is 0. The van der Waals surface area contributed by atoms with Gasteiger partial charge in [-0.1, -0.05) is 18.2 Å². The van der Waals surface area contributed by atoms with Crippen molar-refractivity contribution < 1.29 is 17.9 Å². The van der Waals surface area contributed by atoms with E-state index in [1.807, 2.05) is 0 Å². The van der Waals surface area contributed by atoms with Gasteiger partial charge in [0.05, 0.1) is 18.4 Å². The summed E-state index contributed by atoms with van der Waals surface area (Å²) in [7, 11) is -2.23. The molecule has 0 unspecified atom stereocenters. The number of esters is 1. The standard InChI is InChI=1S/C12H18N2O4S.ClH/c1-18-12(15)11-6-3-2-5-10(11)9-19(16,17)14-8-4-7-13;/h2-3,5-6,14H,4,7-9,13H2,1H3;1H. The molecule has 0 saturated heterocycles. The second-order valence-electron chi connectivity index (χ2n) is 3.94. The highest BCUT2D eigenvalue weighted by molar-refractivity contribution is 7.88. The zero-order valence-electron chi connectivity index (χ0n) is 11.2. The van der Waals surface area contributed by atoms with Crippen LogP contribution < -0.4 is 10.5 Å². The second-order valence-corrected chi connectivity index (χ2v) is 5.75. The maximum absolute atomic E-state index is 11.8. The SMILES string of the molecule is COC(=O)c1ccccc1CS(=O)(=O)NCCCN.Cl. The quantitative estimate of drug-likeness (QED) is 0.567. The Balaban J connectivity index is 0.00000361. The Morgan fingerprint density at radius 3 is 2.60 bits per heavy atom. The van der Waals surface area contributed by atoms with Crippen molar-refractivity contribution in [2.24, 2.45) is 5.73 Å². The van der Waals surface area contributed by atoms with Crippen molar-refractivity contribution in [2.75, 3.05) is 20.2 Å². The Kier molecular flexibility index (Phi) is 8.40. The number of hydrogen-bond donors (Lipinski definition) is 2. The van der Waals surface area contributed by atoms with E-state index in [-0.39, 0.29) is 23.7 Å². The number of carbonyl (C=O) groups is 1. The summed E-state index contributed by atoms with van der Waals surface area (Å²) in [4.78, 5) is 11.5. The van der Waals surface area contributed by atoms with E-state index in [0.717, 1.165) is 0 Å². The molecular formula is C12H19ClN2O4S. The molecule has 20 heavy (non-hydrogen) atoms. The molecule has 1 aromatic rings. The van der Waals surface area contributed by atoms with Gasteiger partial charge in [0.1, 0.15) is 0 Å². The zero-order valence-corrected chi connectivity index (χ0v) is 12.8. The molecule has 0 aliphatic carbocycles. The number of sulfonamides is 1. The molecular weight excluding hydrogens is 304 g/mol. The maximum Gasteiger partial charge on any atom is 0.338 e.